The summed E-state index contributed by atoms with van der Waals surface area (Å²) in [4.78, 5) is 30.4. The van der Waals surface area contributed by atoms with Gasteiger partial charge in [-0.05, 0) is 94.7 Å². The van der Waals surface area contributed by atoms with Crippen LogP contribution in [0.3, 0.4) is 0 Å². The fourth-order valence-corrected chi connectivity index (χ4v) is 9.96. The number of ether oxygens (including phenoxy) is 3. The topological polar surface area (TPSA) is 84.2 Å². The van der Waals surface area contributed by atoms with Gasteiger partial charge in [0.05, 0.1) is 5.56 Å². The van der Waals surface area contributed by atoms with Crippen molar-refractivity contribution in [3.63, 3.8) is 0 Å². The van der Waals surface area contributed by atoms with Crippen LogP contribution >= 0.6 is 10.3 Å². The molecule has 1 heterocycles. The standard InChI is InChI=1S/C52H36O7S/c53-48-34-32-37-31-33-44(35-46(37)58-48)60(42-27-15-5-16-28-42,43-29-17-6-18-30-43)59-52(54)45-36-47(55-39-21-9-2-10-22-39)50(56-40-23-11-3-12-24-40)51(57-41-25-13-4-14-26-41)49(45)38-19-7-1-8-20-38/h1-36H. The largest absolute Gasteiger partial charge is 0.453 e. The summed E-state index contributed by atoms with van der Waals surface area (Å²) in [6.45, 7) is 0. The summed E-state index contributed by atoms with van der Waals surface area (Å²) in [5.74, 6) is 1.60. The summed E-state index contributed by atoms with van der Waals surface area (Å²) in [6.07, 6.45) is 0. The minimum atomic E-state index is -2.91. The molecule has 0 spiro atoms. The maximum atomic E-state index is 15.7. The molecule has 0 aliphatic carbocycles. The van der Waals surface area contributed by atoms with Crippen molar-refractivity contribution in [2.75, 3.05) is 0 Å². The van der Waals surface area contributed by atoms with E-state index in [4.69, 9.17) is 22.8 Å². The van der Waals surface area contributed by atoms with Gasteiger partial charge in [-0.15, -0.1) is 0 Å². The van der Waals surface area contributed by atoms with Crippen molar-refractivity contribution < 1.29 is 27.6 Å². The Morgan fingerprint density at radius 2 is 0.917 bits per heavy atom. The Morgan fingerprint density at radius 3 is 1.47 bits per heavy atom. The highest BCUT2D eigenvalue weighted by atomic mass is 32.3. The summed E-state index contributed by atoms with van der Waals surface area (Å²) in [7, 11) is -2.91. The minimum absolute atomic E-state index is 0.162. The summed E-state index contributed by atoms with van der Waals surface area (Å²) in [5, 5.41) is 0.727. The van der Waals surface area contributed by atoms with Crippen LogP contribution in [0, 0.1) is 0 Å². The highest BCUT2D eigenvalue weighted by Gasteiger charge is 2.38. The number of fused-ring (bicyclic) bond motifs is 1. The molecule has 0 aliphatic rings. The molecule has 0 saturated carbocycles. The summed E-state index contributed by atoms with van der Waals surface area (Å²) in [6, 6.07) is 67.1. The van der Waals surface area contributed by atoms with Crippen LogP contribution in [0.15, 0.2) is 242 Å². The molecule has 60 heavy (non-hydrogen) atoms. The molecule has 0 saturated heterocycles. The van der Waals surface area contributed by atoms with Gasteiger partial charge in [0.15, 0.2) is 11.5 Å². The smallest absolute Gasteiger partial charge is 0.350 e. The maximum Gasteiger partial charge on any atom is 0.350 e. The summed E-state index contributed by atoms with van der Waals surface area (Å²) < 4.78 is 33.1. The van der Waals surface area contributed by atoms with Crippen LogP contribution in [0.2, 0.25) is 0 Å². The van der Waals surface area contributed by atoms with E-state index in [-0.39, 0.29) is 22.8 Å². The summed E-state index contributed by atoms with van der Waals surface area (Å²) in [5.41, 5.74) is 1.14. The zero-order valence-electron chi connectivity index (χ0n) is 32.1. The lowest BCUT2D eigenvalue weighted by molar-refractivity contribution is 0.0757. The third-order valence-corrected chi connectivity index (χ3v) is 12.9. The van der Waals surface area contributed by atoms with Gasteiger partial charge in [-0.2, -0.15) is 0 Å². The number of hydrogen-bond donors (Lipinski definition) is 0. The van der Waals surface area contributed by atoms with Gasteiger partial charge in [0, 0.05) is 37.8 Å². The van der Waals surface area contributed by atoms with E-state index in [0.29, 0.717) is 38.9 Å². The van der Waals surface area contributed by atoms with E-state index >= 15 is 4.79 Å². The lowest BCUT2D eigenvalue weighted by Crippen LogP contribution is -2.15. The number of carbonyl (C=O) groups is 1. The molecule has 9 aromatic rings. The van der Waals surface area contributed by atoms with Gasteiger partial charge in [0.25, 0.3) is 0 Å². The van der Waals surface area contributed by atoms with Crippen molar-refractivity contribution in [2.24, 2.45) is 0 Å². The Bertz CT molecular complexity index is 2900. The van der Waals surface area contributed by atoms with Crippen molar-refractivity contribution in [1.29, 1.82) is 0 Å². The molecular weight excluding hydrogens is 769 g/mol. The van der Waals surface area contributed by atoms with Crippen molar-refractivity contribution in [3.05, 3.63) is 234 Å². The molecule has 0 N–H and O–H groups in total. The number of benzene rings is 8. The number of rotatable bonds is 12. The van der Waals surface area contributed by atoms with E-state index < -0.39 is 21.9 Å². The van der Waals surface area contributed by atoms with E-state index in [0.717, 1.165) is 15.2 Å². The van der Waals surface area contributed by atoms with Crippen molar-refractivity contribution >= 4 is 27.2 Å². The quantitative estimate of drug-likeness (QED) is 0.114. The van der Waals surface area contributed by atoms with Crippen LogP contribution in [0.25, 0.3) is 22.1 Å². The van der Waals surface area contributed by atoms with E-state index in [2.05, 4.69) is 0 Å². The number of carbonyl (C=O) groups excluding carboxylic acids is 1. The fraction of sp³-hybridized carbons (Fsp3) is 0. The predicted octanol–water partition coefficient (Wildman–Crippen LogP) is 13.9. The van der Waals surface area contributed by atoms with Crippen molar-refractivity contribution in [2.45, 2.75) is 14.7 Å². The van der Waals surface area contributed by atoms with Crippen LogP contribution in [0.1, 0.15) is 10.4 Å². The van der Waals surface area contributed by atoms with Crippen LogP contribution in [-0.4, -0.2) is 5.97 Å². The molecule has 0 atom stereocenters. The molecule has 8 aromatic carbocycles. The first kappa shape index (κ1) is 37.7. The molecule has 1 aromatic heterocycles. The second-order valence-corrected chi connectivity index (χ2v) is 16.3. The summed E-state index contributed by atoms with van der Waals surface area (Å²) >= 11 is 0. The molecule has 0 aliphatic heterocycles. The van der Waals surface area contributed by atoms with Gasteiger partial charge >= 0.3 is 11.6 Å². The third kappa shape index (κ3) is 7.75. The van der Waals surface area contributed by atoms with Crippen LogP contribution in [-0.2, 0) is 4.18 Å². The van der Waals surface area contributed by atoms with Gasteiger partial charge in [-0.25, -0.2) is 9.59 Å². The molecule has 292 valence electrons. The average Bonchev–Trinajstić information content (AvgIpc) is 3.30. The number of para-hydroxylation sites is 3. The Balaban J connectivity index is 1.33. The minimum Gasteiger partial charge on any atom is -0.453 e. The SMILES string of the molecule is O=C(OS(c1ccccc1)(c1ccccc1)c1ccc2ccc(=O)oc2c1)c1cc(Oc2ccccc2)c(Oc2ccccc2)c(Oc2ccccc2)c1-c1ccccc1. The van der Waals surface area contributed by atoms with Crippen LogP contribution in [0.5, 0.6) is 34.5 Å². The number of hydrogen-bond acceptors (Lipinski definition) is 7. The highest BCUT2D eigenvalue weighted by molar-refractivity contribution is 8.30. The van der Waals surface area contributed by atoms with Gasteiger partial charge in [0.1, 0.15) is 22.8 Å². The van der Waals surface area contributed by atoms with E-state index in [1.807, 2.05) is 194 Å². The van der Waals surface area contributed by atoms with Gasteiger partial charge in [-0.3, -0.25) is 0 Å². The fourth-order valence-electron chi connectivity index (χ4n) is 6.92. The van der Waals surface area contributed by atoms with Crippen molar-refractivity contribution in [3.8, 4) is 45.6 Å². The molecular formula is C52H36O7S. The zero-order chi connectivity index (χ0) is 40.7. The second kappa shape index (κ2) is 17.0. The molecule has 0 fully saturated rings. The molecule has 7 nitrogen and oxygen atoms in total. The lowest BCUT2D eigenvalue weighted by Gasteiger charge is -2.40. The van der Waals surface area contributed by atoms with Crippen LogP contribution < -0.4 is 19.8 Å². The van der Waals surface area contributed by atoms with Gasteiger partial charge in [-0.1, -0.05) is 127 Å². The Morgan fingerprint density at radius 1 is 0.450 bits per heavy atom. The highest BCUT2D eigenvalue weighted by Crippen LogP contribution is 2.70. The Labute approximate surface area is 348 Å². The van der Waals surface area contributed by atoms with E-state index in [1.54, 1.807) is 18.2 Å². The maximum absolute atomic E-state index is 15.7. The predicted molar refractivity (Wildman–Crippen MR) is 235 cm³/mol. The second-order valence-electron chi connectivity index (χ2n) is 13.6. The van der Waals surface area contributed by atoms with E-state index in [1.165, 1.54) is 6.07 Å². The normalized spacial score (nSPS) is 11.4. The first-order valence-corrected chi connectivity index (χ1v) is 20.8. The van der Waals surface area contributed by atoms with Gasteiger partial charge in [0.2, 0.25) is 5.75 Å². The monoisotopic (exact) mass is 804 g/mol. The third-order valence-electron chi connectivity index (χ3n) is 9.66. The Hall–Kier alpha value is -7.81. The molecule has 0 unspecified atom stereocenters. The zero-order valence-corrected chi connectivity index (χ0v) is 32.9. The first-order chi connectivity index (χ1) is 29.5. The molecule has 0 amide bonds. The van der Waals surface area contributed by atoms with Crippen LogP contribution in [0.4, 0.5) is 0 Å². The van der Waals surface area contributed by atoms with E-state index in [9.17, 15) is 4.79 Å². The molecule has 8 heteroatoms. The first-order valence-electron chi connectivity index (χ1n) is 19.2. The molecule has 0 radical (unpaired) electrons. The lowest BCUT2D eigenvalue weighted by atomic mass is 9.97. The molecule has 0 bridgehead atoms. The van der Waals surface area contributed by atoms with Crippen molar-refractivity contribution in [1.82, 2.24) is 0 Å². The molecule has 9 rings (SSSR count). The van der Waals surface area contributed by atoms with Gasteiger partial charge < -0.3 is 22.8 Å². The average molecular weight is 805 g/mol. The Kier molecular flexibility index (Phi) is 10.7.